The highest BCUT2D eigenvalue weighted by Gasteiger charge is 2.09. The van der Waals surface area contributed by atoms with Gasteiger partial charge >= 0.3 is 0 Å². The summed E-state index contributed by atoms with van der Waals surface area (Å²) < 4.78 is 1.42. The number of aromatic nitrogens is 2. The van der Waals surface area contributed by atoms with E-state index in [9.17, 15) is 4.79 Å². The minimum Gasteiger partial charge on any atom is -0.309 e. The minimum atomic E-state index is -0.253. The first-order chi connectivity index (χ1) is 6.24. The van der Waals surface area contributed by atoms with Crippen molar-refractivity contribution < 1.29 is 0 Å². The molecule has 1 aromatic heterocycles. The van der Waals surface area contributed by atoms with Crippen molar-refractivity contribution in [1.82, 2.24) is 9.55 Å². The zero-order chi connectivity index (χ0) is 9.84. The summed E-state index contributed by atoms with van der Waals surface area (Å²) in [6.07, 6.45) is 3.27. The van der Waals surface area contributed by atoms with Crippen LogP contribution < -0.4 is 5.56 Å². The monoisotopic (exact) mass is 195 g/mol. The molecule has 0 saturated carbocycles. The maximum absolute atomic E-state index is 11.5. The maximum atomic E-state index is 11.5. The predicted molar refractivity (Wildman–Crippen MR) is 52.2 cm³/mol. The summed E-state index contributed by atoms with van der Waals surface area (Å²) in [4.78, 5) is 18.7. The topological polar surface area (TPSA) is 39.2 Å². The van der Waals surface area contributed by atoms with E-state index in [0.29, 0.717) is 11.6 Å². The Bertz CT molecular complexity index is 405. The first-order valence-electron chi connectivity index (χ1n) is 3.75. The molecule has 0 radical (unpaired) electrons. The van der Waals surface area contributed by atoms with Crippen molar-refractivity contribution in [3.63, 3.8) is 0 Å². The molecule has 0 spiro atoms. The van der Waals surface area contributed by atoms with Crippen LogP contribution in [0.2, 0.25) is 0 Å². The Morgan fingerprint density at radius 3 is 2.92 bits per heavy atom. The minimum absolute atomic E-state index is 0.122. The van der Waals surface area contributed by atoms with Crippen molar-refractivity contribution in [2.45, 2.75) is 18.5 Å². The average molecular weight is 195 g/mol. The number of aryl methyl sites for hydroxylation is 1. The summed E-state index contributed by atoms with van der Waals surface area (Å²) in [5, 5.41) is 0.504. The smallest absolute Gasteiger partial charge is 0.281 e. The van der Waals surface area contributed by atoms with E-state index in [1.807, 2.05) is 6.92 Å². The zero-order valence-electron chi connectivity index (χ0n) is 7.44. The molecule has 4 nitrogen and oxygen atoms in total. The summed E-state index contributed by atoms with van der Waals surface area (Å²) in [5.74, 6) is 0. The van der Waals surface area contributed by atoms with E-state index >= 15 is 0 Å². The second-order valence-corrected chi connectivity index (χ2v) is 3.10. The van der Waals surface area contributed by atoms with Gasteiger partial charge in [-0.2, -0.15) is 0 Å². The number of nitrogens with zero attached hydrogens (tertiary/aromatic N) is 3. The van der Waals surface area contributed by atoms with Crippen molar-refractivity contribution in [1.29, 1.82) is 0 Å². The van der Waals surface area contributed by atoms with Crippen LogP contribution in [0.5, 0.6) is 0 Å². The fourth-order valence-electron chi connectivity index (χ4n) is 0.933. The Kier molecular flexibility index (Phi) is 3.09. The first-order valence-corrected chi connectivity index (χ1v) is 4.98. The molecule has 13 heavy (non-hydrogen) atoms. The number of hydrogen-bond donors (Lipinski definition) is 0. The van der Waals surface area contributed by atoms with Crippen molar-refractivity contribution in [3.05, 3.63) is 28.1 Å². The largest absolute Gasteiger partial charge is 0.309 e. The van der Waals surface area contributed by atoms with E-state index in [2.05, 4.69) is 9.83 Å². The van der Waals surface area contributed by atoms with Crippen LogP contribution in [0.4, 0.5) is 5.69 Å². The van der Waals surface area contributed by atoms with Crippen LogP contribution in [0.15, 0.2) is 16.1 Å². The zero-order valence-corrected chi connectivity index (χ0v) is 8.26. The highest BCUT2D eigenvalue weighted by Crippen LogP contribution is 2.20. The molecule has 0 saturated heterocycles. The molecule has 0 amide bonds. The molecule has 0 fully saturated rings. The first kappa shape index (κ1) is 9.81. The molecule has 0 N–H and O–H groups in total. The molecule has 1 aromatic rings. The van der Waals surface area contributed by atoms with Gasteiger partial charge in [-0.1, -0.05) is 0 Å². The van der Waals surface area contributed by atoms with Gasteiger partial charge < -0.3 is 4.57 Å². The van der Waals surface area contributed by atoms with Gasteiger partial charge in [0.2, 0.25) is 0 Å². The second kappa shape index (κ2) is 4.10. The summed E-state index contributed by atoms with van der Waals surface area (Å²) in [6.45, 7) is 9.25. The van der Waals surface area contributed by atoms with Crippen molar-refractivity contribution in [2.24, 2.45) is 0 Å². The molecule has 0 bridgehead atoms. The molecule has 1 rings (SSSR count). The van der Waals surface area contributed by atoms with Crippen LogP contribution in [-0.2, 0) is 6.54 Å². The van der Waals surface area contributed by atoms with E-state index in [4.69, 9.17) is 6.57 Å². The van der Waals surface area contributed by atoms with Crippen LogP contribution in [0, 0.1) is 6.57 Å². The number of rotatable bonds is 2. The maximum Gasteiger partial charge on any atom is 0.281 e. The molecule has 5 heteroatoms. The van der Waals surface area contributed by atoms with Crippen molar-refractivity contribution in [2.75, 3.05) is 6.26 Å². The van der Waals surface area contributed by atoms with Gasteiger partial charge in [0.05, 0.1) is 12.9 Å². The molecule has 0 aliphatic carbocycles. The van der Waals surface area contributed by atoms with Crippen LogP contribution >= 0.6 is 11.8 Å². The van der Waals surface area contributed by atoms with Crippen LogP contribution in [-0.4, -0.2) is 15.8 Å². The third-order valence-corrected chi connectivity index (χ3v) is 2.31. The molecule has 0 unspecified atom stereocenters. The van der Waals surface area contributed by atoms with Gasteiger partial charge in [0.25, 0.3) is 11.2 Å². The molecule has 0 aromatic carbocycles. The van der Waals surface area contributed by atoms with E-state index in [-0.39, 0.29) is 11.2 Å². The molecular weight excluding hydrogens is 186 g/mol. The second-order valence-electron chi connectivity index (χ2n) is 2.31. The highest BCUT2D eigenvalue weighted by atomic mass is 32.2. The molecular formula is C8H9N3OS. The van der Waals surface area contributed by atoms with Gasteiger partial charge in [0.15, 0.2) is 0 Å². The lowest BCUT2D eigenvalue weighted by molar-refractivity contribution is 0.698. The molecule has 0 atom stereocenters. The van der Waals surface area contributed by atoms with E-state index in [1.165, 1.54) is 22.7 Å². The SMILES string of the molecule is [C-]#[N+]c1c(SC)ncn(CC)c1=O. The van der Waals surface area contributed by atoms with Gasteiger partial charge in [-0.3, -0.25) is 4.79 Å². The van der Waals surface area contributed by atoms with Gasteiger partial charge in [-0.25, -0.2) is 9.83 Å². The van der Waals surface area contributed by atoms with Crippen molar-refractivity contribution in [3.8, 4) is 0 Å². The Balaban J connectivity index is 3.43. The molecule has 0 aliphatic heterocycles. The lowest BCUT2D eigenvalue weighted by atomic mass is 10.5. The lowest BCUT2D eigenvalue weighted by Gasteiger charge is -2.03. The van der Waals surface area contributed by atoms with Crippen LogP contribution in [0.1, 0.15) is 6.92 Å². The third-order valence-electron chi connectivity index (χ3n) is 1.63. The Morgan fingerprint density at radius 2 is 2.46 bits per heavy atom. The summed E-state index contributed by atoms with van der Waals surface area (Å²) in [7, 11) is 0. The Morgan fingerprint density at radius 1 is 1.77 bits per heavy atom. The average Bonchev–Trinajstić information content (AvgIpc) is 2.17. The van der Waals surface area contributed by atoms with Gasteiger partial charge in [0.1, 0.15) is 5.03 Å². The van der Waals surface area contributed by atoms with E-state index in [1.54, 1.807) is 6.26 Å². The fraction of sp³-hybridized carbons (Fsp3) is 0.375. The van der Waals surface area contributed by atoms with E-state index in [0.717, 1.165) is 0 Å². The van der Waals surface area contributed by atoms with Gasteiger partial charge in [-0.15, -0.1) is 11.8 Å². The number of hydrogen-bond acceptors (Lipinski definition) is 3. The summed E-state index contributed by atoms with van der Waals surface area (Å²) in [6, 6.07) is 0. The highest BCUT2D eigenvalue weighted by molar-refractivity contribution is 7.98. The standard InChI is InChI=1S/C8H9N3OS/c1-4-11-5-10-7(13-3)6(9-2)8(11)12/h5H,4H2,1,3H3. The van der Waals surface area contributed by atoms with Crippen molar-refractivity contribution >= 4 is 17.4 Å². The van der Waals surface area contributed by atoms with Gasteiger partial charge in [0, 0.05) is 6.54 Å². The Labute approximate surface area is 80.4 Å². The molecule has 68 valence electrons. The lowest BCUT2D eigenvalue weighted by Crippen LogP contribution is -2.19. The summed E-state index contributed by atoms with van der Waals surface area (Å²) >= 11 is 1.32. The third kappa shape index (κ3) is 1.73. The fourth-order valence-corrected chi connectivity index (χ4v) is 1.41. The van der Waals surface area contributed by atoms with Crippen LogP contribution in [0.25, 0.3) is 4.85 Å². The summed E-state index contributed by atoms with van der Waals surface area (Å²) in [5.41, 5.74) is -0.131. The number of thioether (sulfide) groups is 1. The van der Waals surface area contributed by atoms with Gasteiger partial charge in [-0.05, 0) is 13.2 Å². The predicted octanol–water partition coefficient (Wildman–Crippen LogP) is 1.54. The normalized spacial score (nSPS) is 9.62. The Hall–Kier alpha value is -1.28. The van der Waals surface area contributed by atoms with E-state index < -0.39 is 0 Å². The molecule has 0 aliphatic rings. The molecule has 1 heterocycles. The van der Waals surface area contributed by atoms with Crippen LogP contribution in [0.3, 0.4) is 0 Å². The quantitative estimate of drug-likeness (QED) is 0.408.